The standard InChI is InChI=1S/C14H21NO/c1-10(2)9-15-8-7-12-6-4-5-11(3)13(12)14(15)16/h4,6,11-13H,1,5,7-9H2,2-3H3/t11-,12+,13+/m0/s1. The van der Waals surface area contributed by atoms with Crippen molar-refractivity contribution in [3.63, 3.8) is 0 Å². The average molecular weight is 219 g/mol. The number of carbonyl (C=O) groups is 1. The van der Waals surface area contributed by atoms with Crippen LogP contribution >= 0.6 is 0 Å². The molecule has 0 bridgehead atoms. The topological polar surface area (TPSA) is 20.3 Å². The lowest BCUT2D eigenvalue weighted by molar-refractivity contribution is -0.142. The first kappa shape index (κ1) is 11.4. The van der Waals surface area contributed by atoms with Gasteiger partial charge in [0.2, 0.25) is 5.91 Å². The Morgan fingerprint density at radius 3 is 3.06 bits per heavy atom. The largest absolute Gasteiger partial charge is 0.338 e. The Bertz CT molecular complexity index is 332. The van der Waals surface area contributed by atoms with Gasteiger partial charge in [0, 0.05) is 19.0 Å². The van der Waals surface area contributed by atoms with E-state index in [-0.39, 0.29) is 5.92 Å². The Balaban J connectivity index is 2.12. The van der Waals surface area contributed by atoms with Gasteiger partial charge in [-0.3, -0.25) is 4.79 Å². The Labute approximate surface area is 98.0 Å². The van der Waals surface area contributed by atoms with Gasteiger partial charge in [0.1, 0.15) is 0 Å². The normalized spacial score (nSPS) is 33.8. The lowest BCUT2D eigenvalue weighted by Crippen LogP contribution is -2.48. The van der Waals surface area contributed by atoms with Crippen molar-refractivity contribution in [2.45, 2.75) is 26.7 Å². The number of carbonyl (C=O) groups excluding carboxylic acids is 1. The number of allylic oxidation sites excluding steroid dienone is 2. The van der Waals surface area contributed by atoms with E-state index in [1.165, 1.54) is 0 Å². The van der Waals surface area contributed by atoms with E-state index in [1.54, 1.807) is 0 Å². The van der Waals surface area contributed by atoms with Gasteiger partial charge in [-0.25, -0.2) is 0 Å². The maximum absolute atomic E-state index is 12.4. The van der Waals surface area contributed by atoms with Crippen LogP contribution in [0.5, 0.6) is 0 Å². The van der Waals surface area contributed by atoms with E-state index in [1.807, 2.05) is 11.8 Å². The monoisotopic (exact) mass is 219 g/mol. The summed E-state index contributed by atoms with van der Waals surface area (Å²) >= 11 is 0. The zero-order chi connectivity index (χ0) is 11.7. The summed E-state index contributed by atoms with van der Waals surface area (Å²) in [5.74, 6) is 1.54. The molecular formula is C14H21NO. The van der Waals surface area contributed by atoms with Crippen LogP contribution in [-0.2, 0) is 4.79 Å². The Morgan fingerprint density at radius 1 is 1.62 bits per heavy atom. The van der Waals surface area contributed by atoms with Crippen molar-refractivity contribution in [1.82, 2.24) is 4.90 Å². The summed E-state index contributed by atoms with van der Waals surface area (Å²) in [6, 6.07) is 0. The van der Waals surface area contributed by atoms with Gasteiger partial charge < -0.3 is 4.90 Å². The fourth-order valence-electron chi connectivity index (χ4n) is 2.97. The molecule has 0 radical (unpaired) electrons. The average Bonchev–Trinajstić information content (AvgIpc) is 2.22. The maximum atomic E-state index is 12.4. The van der Waals surface area contributed by atoms with Crippen molar-refractivity contribution < 1.29 is 4.79 Å². The summed E-state index contributed by atoms with van der Waals surface area (Å²) in [6.07, 6.45) is 6.66. The van der Waals surface area contributed by atoms with Crippen molar-refractivity contribution in [3.05, 3.63) is 24.3 Å². The molecule has 1 amide bonds. The zero-order valence-corrected chi connectivity index (χ0v) is 10.3. The van der Waals surface area contributed by atoms with Crippen LogP contribution in [0.4, 0.5) is 0 Å². The van der Waals surface area contributed by atoms with Crippen molar-refractivity contribution in [1.29, 1.82) is 0 Å². The lowest BCUT2D eigenvalue weighted by atomic mass is 9.72. The molecular weight excluding hydrogens is 198 g/mol. The highest BCUT2D eigenvalue weighted by Gasteiger charge is 2.39. The van der Waals surface area contributed by atoms with Crippen LogP contribution in [0, 0.1) is 17.8 Å². The van der Waals surface area contributed by atoms with Crippen molar-refractivity contribution in [2.75, 3.05) is 13.1 Å². The summed E-state index contributed by atoms with van der Waals surface area (Å²) in [5, 5.41) is 0. The van der Waals surface area contributed by atoms with Crippen LogP contribution in [-0.4, -0.2) is 23.9 Å². The van der Waals surface area contributed by atoms with Crippen LogP contribution in [0.25, 0.3) is 0 Å². The Hall–Kier alpha value is -1.05. The predicted octanol–water partition coefficient (Wildman–Crippen LogP) is 2.62. The minimum atomic E-state index is 0.220. The number of amides is 1. The molecule has 1 saturated heterocycles. The third-order valence-electron chi connectivity index (χ3n) is 3.76. The SMILES string of the molecule is C=C(C)CN1CC[C@H]2C=CC[C@H](C)[C@H]2C1=O. The number of piperidine rings is 1. The highest BCUT2D eigenvalue weighted by molar-refractivity contribution is 5.81. The highest BCUT2D eigenvalue weighted by Crippen LogP contribution is 2.36. The molecule has 88 valence electrons. The Morgan fingerprint density at radius 2 is 2.38 bits per heavy atom. The molecule has 0 aromatic rings. The third kappa shape index (κ3) is 2.06. The number of likely N-dealkylation sites (tertiary alicyclic amines) is 1. The first-order valence-corrected chi connectivity index (χ1v) is 6.19. The molecule has 2 aliphatic rings. The van der Waals surface area contributed by atoms with E-state index in [0.29, 0.717) is 17.7 Å². The van der Waals surface area contributed by atoms with E-state index >= 15 is 0 Å². The van der Waals surface area contributed by atoms with Gasteiger partial charge in [-0.1, -0.05) is 31.2 Å². The number of rotatable bonds is 2. The second kappa shape index (κ2) is 4.44. The molecule has 0 saturated carbocycles. The van der Waals surface area contributed by atoms with Gasteiger partial charge in [0.15, 0.2) is 0 Å². The minimum Gasteiger partial charge on any atom is -0.338 e. The van der Waals surface area contributed by atoms with E-state index in [4.69, 9.17) is 0 Å². The lowest BCUT2D eigenvalue weighted by Gasteiger charge is -2.41. The summed E-state index contributed by atoms with van der Waals surface area (Å²) in [7, 11) is 0. The fourth-order valence-corrected chi connectivity index (χ4v) is 2.97. The molecule has 1 aliphatic heterocycles. The van der Waals surface area contributed by atoms with Crippen LogP contribution in [0.15, 0.2) is 24.3 Å². The Kier molecular flexibility index (Phi) is 3.17. The molecule has 0 aromatic heterocycles. The van der Waals surface area contributed by atoms with E-state index in [0.717, 1.165) is 31.5 Å². The van der Waals surface area contributed by atoms with Crippen LogP contribution in [0.1, 0.15) is 26.7 Å². The second-order valence-corrected chi connectivity index (χ2v) is 5.34. The number of hydrogen-bond acceptors (Lipinski definition) is 1. The van der Waals surface area contributed by atoms with Gasteiger partial charge in [0.05, 0.1) is 0 Å². The van der Waals surface area contributed by atoms with Crippen molar-refractivity contribution in [2.24, 2.45) is 17.8 Å². The van der Waals surface area contributed by atoms with E-state index in [9.17, 15) is 4.79 Å². The molecule has 0 aromatic carbocycles. The van der Waals surface area contributed by atoms with Gasteiger partial charge in [-0.05, 0) is 31.6 Å². The maximum Gasteiger partial charge on any atom is 0.226 e. The van der Waals surface area contributed by atoms with E-state index in [2.05, 4.69) is 25.7 Å². The first-order chi connectivity index (χ1) is 7.59. The van der Waals surface area contributed by atoms with Gasteiger partial charge in [-0.2, -0.15) is 0 Å². The molecule has 16 heavy (non-hydrogen) atoms. The van der Waals surface area contributed by atoms with Crippen LogP contribution in [0.3, 0.4) is 0 Å². The summed E-state index contributed by atoms with van der Waals surface area (Å²) in [6.45, 7) is 9.71. The molecule has 0 unspecified atom stereocenters. The fraction of sp³-hybridized carbons (Fsp3) is 0.643. The minimum absolute atomic E-state index is 0.220. The van der Waals surface area contributed by atoms with E-state index < -0.39 is 0 Å². The van der Waals surface area contributed by atoms with Crippen LogP contribution < -0.4 is 0 Å². The number of fused-ring (bicyclic) bond motifs is 1. The molecule has 0 N–H and O–H groups in total. The summed E-state index contributed by atoms with van der Waals surface area (Å²) in [4.78, 5) is 14.3. The molecule has 0 spiro atoms. The second-order valence-electron chi connectivity index (χ2n) is 5.34. The molecule has 1 aliphatic carbocycles. The molecule has 2 rings (SSSR count). The summed E-state index contributed by atoms with van der Waals surface area (Å²) < 4.78 is 0. The zero-order valence-electron chi connectivity index (χ0n) is 10.3. The molecule has 3 atom stereocenters. The molecule has 1 fully saturated rings. The van der Waals surface area contributed by atoms with Crippen molar-refractivity contribution in [3.8, 4) is 0 Å². The third-order valence-corrected chi connectivity index (χ3v) is 3.76. The van der Waals surface area contributed by atoms with Crippen molar-refractivity contribution >= 4 is 5.91 Å². The number of hydrogen-bond donors (Lipinski definition) is 0. The smallest absolute Gasteiger partial charge is 0.226 e. The van der Waals surface area contributed by atoms with Gasteiger partial charge in [0.25, 0.3) is 0 Å². The first-order valence-electron chi connectivity index (χ1n) is 6.19. The summed E-state index contributed by atoms with van der Waals surface area (Å²) in [5.41, 5.74) is 1.07. The van der Waals surface area contributed by atoms with Gasteiger partial charge in [-0.15, -0.1) is 0 Å². The quantitative estimate of drug-likeness (QED) is 0.654. The molecule has 1 heterocycles. The predicted molar refractivity (Wildman–Crippen MR) is 65.9 cm³/mol. The molecule has 2 heteroatoms. The highest BCUT2D eigenvalue weighted by atomic mass is 16.2. The number of nitrogens with zero attached hydrogens (tertiary/aromatic N) is 1. The van der Waals surface area contributed by atoms with Gasteiger partial charge >= 0.3 is 0 Å². The molecule has 2 nitrogen and oxygen atoms in total. The van der Waals surface area contributed by atoms with Crippen LogP contribution in [0.2, 0.25) is 0 Å².